The van der Waals surface area contributed by atoms with Gasteiger partial charge in [-0.25, -0.2) is 15.0 Å². The maximum atomic E-state index is 4.63. The number of para-hydroxylation sites is 1. The molecule has 1 N–H and O–H groups in total. The summed E-state index contributed by atoms with van der Waals surface area (Å²) in [6, 6.07) is 12.5. The second-order valence-corrected chi connectivity index (χ2v) is 7.14. The first kappa shape index (κ1) is 16.2. The Balaban J connectivity index is 1.26. The average molecular weight is 351 g/mol. The SMILES string of the molecule is c1ccc(N2CC[C@@H](CNCc3csc(-c4ncccn4)n3)C2)cc1. The molecule has 3 heterocycles. The molecule has 2 aromatic heterocycles. The topological polar surface area (TPSA) is 53.9 Å². The highest BCUT2D eigenvalue weighted by molar-refractivity contribution is 7.13. The third-order valence-corrected chi connectivity index (χ3v) is 5.34. The highest BCUT2D eigenvalue weighted by Crippen LogP contribution is 2.23. The van der Waals surface area contributed by atoms with Gasteiger partial charge in [0.05, 0.1) is 5.69 Å². The van der Waals surface area contributed by atoms with Crippen LogP contribution in [0.4, 0.5) is 5.69 Å². The summed E-state index contributed by atoms with van der Waals surface area (Å²) in [5.74, 6) is 1.39. The minimum Gasteiger partial charge on any atom is -0.371 e. The van der Waals surface area contributed by atoms with E-state index in [2.05, 4.69) is 60.9 Å². The molecule has 0 spiro atoms. The summed E-state index contributed by atoms with van der Waals surface area (Å²) in [4.78, 5) is 15.6. The summed E-state index contributed by atoms with van der Waals surface area (Å²) in [6.45, 7) is 4.09. The van der Waals surface area contributed by atoms with Crippen LogP contribution in [0.25, 0.3) is 10.8 Å². The normalized spacial score (nSPS) is 17.1. The van der Waals surface area contributed by atoms with E-state index in [1.165, 1.54) is 12.1 Å². The fourth-order valence-corrected chi connectivity index (χ4v) is 3.94. The molecular formula is C19H21N5S. The first-order chi connectivity index (χ1) is 12.4. The molecule has 6 heteroatoms. The van der Waals surface area contributed by atoms with Crippen molar-refractivity contribution < 1.29 is 0 Å². The van der Waals surface area contributed by atoms with Crippen LogP contribution >= 0.6 is 11.3 Å². The van der Waals surface area contributed by atoms with Crippen molar-refractivity contribution in [3.63, 3.8) is 0 Å². The Morgan fingerprint density at radius 3 is 2.80 bits per heavy atom. The molecule has 3 aromatic rings. The highest BCUT2D eigenvalue weighted by Gasteiger charge is 2.22. The summed E-state index contributed by atoms with van der Waals surface area (Å²) in [5.41, 5.74) is 2.39. The molecule has 4 rings (SSSR count). The van der Waals surface area contributed by atoms with Gasteiger partial charge >= 0.3 is 0 Å². The Labute approximate surface area is 151 Å². The van der Waals surface area contributed by atoms with Crippen molar-refractivity contribution in [1.29, 1.82) is 0 Å². The first-order valence-electron chi connectivity index (χ1n) is 8.61. The third kappa shape index (κ3) is 4.03. The quantitative estimate of drug-likeness (QED) is 0.739. The van der Waals surface area contributed by atoms with Gasteiger partial charge in [-0.15, -0.1) is 11.3 Å². The summed E-state index contributed by atoms with van der Waals surface area (Å²) < 4.78 is 0. The van der Waals surface area contributed by atoms with Crippen molar-refractivity contribution in [3.8, 4) is 10.8 Å². The molecule has 0 aliphatic carbocycles. The highest BCUT2D eigenvalue weighted by atomic mass is 32.1. The number of nitrogens with zero attached hydrogens (tertiary/aromatic N) is 4. The van der Waals surface area contributed by atoms with Gasteiger partial charge in [0.15, 0.2) is 10.8 Å². The van der Waals surface area contributed by atoms with Crippen LogP contribution in [0, 0.1) is 5.92 Å². The van der Waals surface area contributed by atoms with E-state index < -0.39 is 0 Å². The number of anilines is 1. The Kier molecular flexibility index (Phi) is 4.99. The number of hydrogen-bond donors (Lipinski definition) is 1. The van der Waals surface area contributed by atoms with Gasteiger partial charge in [0, 0.05) is 49.6 Å². The zero-order valence-electron chi connectivity index (χ0n) is 14.0. The number of benzene rings is 1. The van der Waals surface area contributed by atoms with Crippen molar-refractivity contribution in [3.05, 3.63) is 59.9 Å². The summed E-state index contributed by atoms with van der Waals surface area (Å²) in [6.07, 6.45) is 4.74. The van der Waals surface area contributed by atoms with Gasteiger partial charge < -0.3 is 10.2 Å². The fraction of sp³-hybridized carbons (Fsp3) is 0.316. The van der Waals surface area contributed by atoms with Gasteiger partial charge in [0.1, 0.15) is 0 Å². The maximum absolute atomic E-state index is 4.63. The van der Waals surface area contributed by atoms with Crippen molar-refractivity contribution >= 4 is 17.0 Å². The summed E-state index contributed by atoms with van der Waals surface area (Å²) >= 11 is 1.60. The van der Waals surface area contributed by atoms with Crippen LogP contribution in [0.1, 0.15) is 12.1 Å². The molecular weight excluding hydrogens is 330 g/mol. The number of aromatic nitrogens is 3. The third-order valence-electron chi connectivity index (χ3n) is 4.46. The Bertz CT molecular complexity index is 790. The van der Waals surface area contributed by atoms with E-state index in [0.29, 0.717) is 11.7 Å². The predicted octanol–water partition coefficient (Wildman–Crippen LogP) is 3.22. The smallest absolute Gasteiger partial charge is 0.188 e. The van der Waals surface area contributed by atoms with Gasteiger partial charge in [0.25, 0.3) is 0 Å². The number of thiazole rings is 1. The van der Waals surface area contributed by atoms with E-state index in [0.717, 1.165) is 36.9 Å². The molecule has 0 radical (unpaired) electrons. The predicted molar refractivity (Wildman–Crippen MR) is 102 cm³/mol. The van der Waals surface area contributed by atoms with E-state index >= 15 is 0 Å². The van der Waals surface area contributed by atoms with E-state index in [4.69, 9.17) is 0 Å². The molecule has 1 saturated heterocycles. The lowest BCUT2D eigenvalue weighted by Crippen LogP contribution is -2.26. The second kappa shape index (κ2) is 7.72. The van der Waals surface area contributed by atoms with E-state index in [1.54, 1.807) is 23.7 Å². The molecule has 1 aliphatic rings. The molecule has 0 amide bonds. The molecule has 128 valence electrons. The number of nitrogens with one attached hydrogen (secondary N) is 1. The van der Waals surface area contributed by atoms with Crippen molar-refractivity contribution in [2.75, 3.05) is 24.5 Å². The zero-order valence-corrected chi connectivity index (χ0v) is 14.8. The average Bonchev–Trinajstić information content (AvgIpc) is 3.33. The van der Waals surface area contributed by atoms with Crippen molar-refractivity contribution in [2.24, 2.45) is 5.92 Å². The van der Waals surface area contributed by atoms with Crippen LogP contribution in [0.15, 0.2) is 54.2 Å². The van der Waals surface area contributed by atoms with Gasteiger partial charge in [0.2, 0.25) is 0 Å². The van der Waals surface area contributed by atoms with Crippen molar-refractivity contribution in [1.82, 2.24) is 20.3 Å². The van der Waals surface area contributed by atoms with Gasteiger partial charge in [-0.3, -0.25) is 0 Å². The lowest BCUT2D eigenvalue weighted by Gasteiger charge is -2.18. The lowest BCUT2D eigenvalue weighted by atomic mass is 10.1. The maximum Gasteiger partial charge on any atom is 0.188 e. The Morgan fingerprint density at radius 1 is 1.12 bits per heavy atom. The summed E-state index contributed by atoms with van der Waals surface area (Å²) in [7, 11) is 0. The first-order valence-corrected chi connectivity index (χ1v) is 9.49. The fourth-order valence-electron chi connectivity index (χ4n) is 3.18. The van der Waals surface area contributed by atoms with E-state index in [9.17, 15) is 0 Å². The minimum absolute atomic E-state index is 0.691. The van der Waals surface area contributed by atoms with E-state index in [1.807, 2.05) is 6.07 Å². The molecule has 25 heavy (non-hydrogen) atoms. The zero-order chi connectivity index (χ0) is 16.9. The second-order valence-electron chi connectivity index (χ2n) is 6.28. The standard InChI is InChI=1S/C19H21N5S/c1-2-5-17(6-3-1)24-10-7-15(13-24)11-20-12-16-14-25-19(23-16)18-21-8-4-9-22-18/h1-6,8-9,14-15,20H,7,10-13H2/t15-/m0/s1. The molecule has 1 atom stereocenters. The lowest BCUT2D eigenvalue weighted by molar-refractivity contribution is 0.514. The monoisotopic (exact) mass is 351 g/mol. The van der Waals surface area contributed by atoms with Gasteiger partial charge in [-0.2, -0.15) is 0 Å². The molecule has 1 aromatic carbocycles. The molecule has 0 bridgehead atoms. The van der Waals surface area contributed by atoms with Crippen molar-refractivity contribution in [2.45, 2.75) is 13.0 Å². The van der Waals surface area contributed by atoms with Gasteiger partial charge in [-0.05, 0) is 30.5 Å². The number of hydrogen-bond acceptors (Lipinski definition) is 6. The van der Waals surface area contributed by atoms with Crippen LogP contribution in [0.2, 0.25) is 0 Å². The minimum atomic E-state index is 0.691. The summed E-state index contributed by atoms with van der Waals surface area (Å²) in [5, 5.41) is 6.53. The Morgan fingerprint density at radius 2 is 1.96 bits per heavy atom. The van der Waals surface area contributed by atoms with Gasteiger partial charge in [-0.1, -0.05) is 18.2 Å². The van der Waals surface area contributed by atoms with Crippen LogP contribution in [-0.4, -0.2) is 34.6 Å². The molecule has 0 saturated carbocycles. The van der Waals surface area contributed by atoms with Crippen LogP contribution < -0.4 is 10.2 Å². The van der Waals surface area contributed by atoms with Crippen LogP contribution in [0.5, 0.6) is 0 Å². The molecule has 1 fully saturated rings. The van der Waals surface area contributed by atoms with Crippen LogP contribution in [0.3, 0.4) is 0 Å². The number of rotatable bonds is 6. The molecule has 5 nitrogen and oxygen atoms in total. The molecule has 1 aliphatic heterocycles. The molecule has 0 unspecified atom stereocenters. The van der Waals surface area contributed by atoms with Crippen LogP contribution in [-0.2, 0) is 6.54 Å². The van der Waals surface area contributed by atoms with E-state index in [-0.39, 0.29) is 0 Å². The largest absolute Gasteiger partial charge is 0.371 e. The Hall–Kier alpha value is -2.31.